The number of carbonyl (C=O) groups is 1. The van der Waals surface area contributed by atoms with E-state index in [2.05, 4.69) is 4.90 Å². The molecule has 2 unspecified atom stereocenters. The molecule has 0 aromatic rings. The summed E-state index contributed by atoms with van der Waals surface area (Å²) in [5.41, 5.74) is 0. The smallest absolute Gasteiger partial charge is 0.133 e. The van der Waals surface area contributed by atoms with Gasteiger partial charge in [0.05, 0.1) is 6.10 Å². The van der Waals surface area contributed by atoms with Gasteiger partial charge in [0.25, 0.3) is 0 Å². The highest BCUT2D eigenvalue weighted by Gasteiger charge is 2.30. The maximum Gasteiger partial charge on any atom is 0.133 e. The van der Waals surface area contributed by atoms with Crippen LogP contribution in [0.5, 0.6) is 0 Å². The molecule has 2 fully saturated rings. The fourth-order valence-corrected chi connectivity index (χ4v) is 3.34. The standard InChI is InChI=1S/C14H25NO2/c1-11(16)12-6-8-15(9-7-12)13-4-3-5-14(10-13)17-2/h12-14H,3-10H2,1-2H3. The van der Waals surface area contributed by atoms with Crippen LogP contribution in [-0.4, -0.2) is 43.0 Å². The molecule has 0 aromatic heterocycles. The topological polar surface area (TPSA) is 29.5 Å². The lowest BCUT2D eigenvalue weighted by Gasteiger charge is -2.40. The third kappa shape index (κ3) is 3.29. The van der Waals surface area contributed by atoms with E-state index in [9.17, 15) is 4.79 Å². The minimum atomic E-state index is 0.327. The van der Waals surface area contributed by atoms with Crippen LogP contribution in [0.1, 0.15) is 45.4 Å². The Morgan fingerprint density at radius 1 is 1.18 bits per heavy atom. The van der Waals surface area contributed by atoms with Gasteiger partial charge in [-0.1, -0.05) is 0 Å². The molecule has 0 amide bonds. The third-order valence-corrected chi connectivity index (χ3v) is 4.55. The SMILES string of the molecule is COC1CCCC(N2CCC(C(C)=O)CC2)C1. The summed E-state index contributed by atoms with van der Waals surface area (Å²) in [6.07, 6.45) is 7.57. The molecule has 17 heavy (non-hydrogen) atoms. The molecule has 2 rings (SSSR count). The summed E-state index contributed by atoms with van der Waals surface area (Å²) in [6.45, 7) is 3.94. The molecular weight excluding hydrogens is 214 g/mol. The number of hydrogen-bond donors (Lipinski definition) is 0. The van der Waals surface area contributed by atoms with Crippen LogP contribution in [0.2, 0.25) is 0 Å². The Morgan fingerprint density at radius 3 is 2.47 bits per heavy atom. The van der Waals surface area contributed by atoms with Gasteiger partial charge in [0.1, 0.15) is 5.78 Å². The molecule has 0 bridgehead atoms. The molecule has 1 saturated heterocycles. The van der Waals surface area contributed by atoms with Crippen molar-refractivity contribution in [2.45, 2.75) is 57.6 Å². The number of carbonyl (C=O) groups excluding carboxylic acids is 1. The Labute approximate surface area is 105 Å². The summed E-state index contributed by atoms with van der Waals surface area (Å²) < 4.78 is 5.49. The number of piperidine rings is 1. The van der Waals surface area contributed by atoms with Crippen LogP contribution in [0.4, 0.5) is 0 Å². The molecule has 0 radical (unpaired) electrons. The summed E-state index contributed by atoms with van der Waals surface area (Å²) in [6, 6.07) is 0.696. The molecule has 0 spiro atoms. The molecule has 0 N–H and O–H groups in total. The minimum absolute atomic E-state index is 0.327. The summed E-state index contributed by atoms with van der Waals surface area (Å²) >= 11 is 0. The Bertz CT molecular complexity index is 259. The fourth-order valence-electron chi connectivity index (χ4n) is 3.34. The molecule has 3 nitrogen and oxygen atoms in total. The zero-order chi connectivity index (χ0) is 12.3. The second-order valence-electron chi connectivity index (χ2n) is 5.60. The second kappa shape index (κ2) is 5.96. The van der Waals surface area contributed by atoms with E-state index in [4.69, 9.17) is 4.74 Å². The van der Waals surface area contributed by atoms with Crippen molar-refractivity contribution in [3.63, 3.8) is 0 Å². The van der Waals surface area contributed by atoms with Crippen molar-refractivity contribution in [3.05, 3.63) is 0 Å². The van der Waals surface area contributed by atoms with Crippen molar-refractivity contribution in [2.75, 3.05) is 20.2 Å². The van der Waals surface area contributed by atoms with E-state index in [1.807, 2.05) is 7.11 Å². The number of methoxy groups -OCH3 is 1. The highest BCUT2D eigenvalue weighted by Crippen LogP contribution is 2.28. The van der Waals surface area contributed by atoms with Crippen LogP contribution in [0, 0.1) is 5.92 Å². The van der Waals surface area contributed by atoms with Gasteiger partial charge >= 0.3 is 0 Å². The van der Waals surface area contributed by atoms with Gasteiger partial charge in [-0.15, -0.1) is 0 Å². The molecule has 98 valence electrons. The molecule has 1 aliphatic carbocycles. The van der Waals surface area contributed by atoms with Crippen molar-refractivity contribution < 1.29 is 9.53 Å². The highest BCUT2D eigenvalue weighted by molar-refractivity contribution is 5.78. The summed E-state index contributed by atoms with van der Waals surface area (Å²) in [4.78, 5) is 13.9. The Kier molecular flexibility index (Phi) is 4.57. The lowest BCUT2D eigenvalue weighted by Crippen LogP contribution is -2.45. The molecule has 2 atom stereocenters. The Balaban J connectivity index is 1.81. The monoisotopic (exact) mass is 239 g/mol. The third-order valence-electron chi connectivity index (χ3n) is 4.55. The number of hydrogen-bond acceptors (Lipinski definition) is 3. The number of ketones is 1. The lowest BCUT2D eigenvalue weighted by atomic mass is 9.87. The van der Waals surface area contributed by atoms with Crippen molar-refractivity contribution in [1.82, 2.24) is 4.90 Å². The van der Waals surface area contributed by atoms with E-state index >= 15 is 0 Å². The Hall–Kier alpha value is -0.410. The van der Waals surface area contributed by atoms with Crippen LogP contribution in [0.3, 0.4) is 0 Å². The molecule has 1 aliphatic heterocycles. The predicted molar refractivity (Wildman–Crippen MR) is 68.0 cm³/mol. The van der Waals surface area contributed by atoms with E-state index in [-0.39, 0.29) is 0 Å². The van der Waals surface area contributed by atoms with Gasteiger partial charge in [0, 0.05) is 19.1 Å². The van der Waals surface area contributed by atoms with Crippen LogP contribution >= 0.6 is 0 Å². The number of ether oxygens (including phenoxy) is 1. The molecule has 0 aromatic carbocycles. The average molecular weight is 239 g/mol. The van der Waals surface area contributed by atoms with Gasteiger partial charge in [0.2, 0.25) is 0 Å². The zero-order valence-corrected chi connectivity index (χ0v) is 11.2. The maximum absolute atomic E-state index is 11.3. The minimum Gasteiger partial charge on any atom is -0.381 e. The van der Waals surface area contributed by atoms with Gasteiger partial charge in [-0.25, -0.2) is 0 Å². The second-order valence-corrected chi connectivity index (χ2v) is 5.60. The molecule has 1 heterocycles. The van der Waals surface area contributed by atoms with E-state index in [1.54, 1.807) is 6.92 Å². The van der Waals surface area contributed by atoms with Gasteiger partial charge in [-0.2, -0.15) is 0 Å². The summed E-state index contributed by atoms with van der Waals surface area (Å²) in [5, 5.41) is 0. The number of nitrogens with zero attached hydrogens (tertiary/aromatic N) is 1. The number of rotatable bonds is 3. The lowest BCUT2D eigenvalue weighted by molar-refractivity contribution is -0.122. The van der Waals surface area contributed by atoms with E-state index < -0.39 is 0 Å². The first-order chi connectivity index (χ1) is 8.20. The van der Waals surface area contributed by atoms with Gasteiger partial charge in [0.15, 0.2) is 0 Å². The molecule has 1 saturated carbocycles. The van der Waals surface area contributed by atoms with Gasteiger partial charge in [-0.3, -0.25) is 4.79 Å². The highest BCUT2D eigenvalue weighted by atomic mass is 16.5. The maximum atomic E-state index is 11.3. The Morgan fingerprint density at radius 2 is 1.88 bits per heavy atom. The molecular formula is C14H25NO2. The van der Waals surface area contributed by atoms with Crippen molar-refractivity contribution >= 4 is 5.78 Å². The van der Waals surface area contributed by atoms with Crippen molar-refractivity contribution in [3.8, 4) is 0 Å². The van der Waals surface area contributed by atoms with E-state index in [0.29, 0.717) is 23.8 Å². The summed E-state index contributed by atoms with van der Waals surface area (Å²) in [7, 11) is 1.83. The van der Waals surface area contributed by atoms with Crippen molar-refractivity contribution in [1.29, 1.82) is 0 Å². The first-order valence-corrected chi connectivity index (χ1v) is 6.98. The molecule has 2 aliphatic rings. The van der Waals surface area contributed by atoms with E-state index in [1.165, 1.54) is 25.7 Å². The largest absolute Gasteiger partial charge is 0.381 e. The van der Waals surface area contributed by atoms with Gasteiger partial charge < -0.3 is 9.64 Å². The fraction of sp³-hybridized carbons (Fsp3) is 0.929. The van der Waals surface area contributed by atoms with E-state index in [0.717, 1.165) is 25.9 Å². The van der Waals surface area contributed by atoms with Gasteiger partial charge in [-0.05, 0) is 58.5 Å². The van der Waals surface area contributed by atoms with Crippen LogP contribution < -0.4 is 0 Å². The number of Topliss-reactive ketones (excluding diaryl/α,β-unsaturated/α-hetero) is 1. The van der Waals surface area contributed by atoms with Crippen LogP contribution in [0.25, 0.3) is 0 Å². The predicted octanol–water partition coefficient (Wildman–Crippen LogP) is 2.25. The molecule has 3 heteroatoms. The first kappa shape index (κ1) is 13.0. The normalized spacial score (nSPS) is 32.6. The van der Waals surface area contributed by atoms with Crippen LogP contribution in [0.15, 0.2) is 0 Å². The number of likely N-dealkylation sites (tertiary alicyclic amines) is 1. The van der Waals surface area contributed by atoms with Crippen molar-refractivity contribution in [2.24, 2.45) is 5.92 Å². The van der Waals surface area contributed by atoms with Crippen LogP contribution in [-0.2, 0) is 9.53 Å². The quantitative estimate of drug-likeness (QED) is 0.756. The zero-order valence-electron chi connectivity index (χ0n) is 11.2. The summed E-state index contributed by atoms with van der Waals surface area (Å²) in [5.74, 6) is 0.705. The first-order valence-electron chi connectivity index (χ1n) is 6.98. The average Bonchev–Trinajstić information content (AvgIpc) is 2.39.